The van der Waals surface area contributed by atoms with E-state index in [9.17, 15) is 14.4 Å². The van der Waals surface area contributed by atoms with E-state index in [2.05, 4.69) is 21.6 Å². The fourth-order valence-corrected chi connectivity index (χ4v) is 5.61. The highest BCUT2D eigenvalue weighted by molar-refractivity contribution is 5.97. The first-order chi connectivity index (χ1) is 18.1. The number of carbonyl (C=O) groups is 3. The number of hydrogen-bond donors (Lipinski definition) is 2. The summed E-state index contributed by atoms with van der Waals surface area (Å²) >= 11 is 0. The van der Waals surface area contributed by atoms with Gasteiger partial charge in [0.25, 0.3) is 5.91 Å². The van der Waals surface area contributed by atoms with Crippen molar-refractivity contribution in [2.45, 2.75) is 25.7 Å². The molecule has 3 aliphatic rings. The van der Waals surface area contributed by atoms with Crippen LogP contribution in [0, 0.1) is 5.41 Å². The smallest absolute Gasteiger partial charge is 0.255 e. The van der Waals surface area contributed by atoms with Gasteiger partial charge < -0.3 is 20.3 Å². The molecule has 3 amide bonds. The lowest BCUT2D eigenvalue weighted by molar-refractivity contribution is -0.135. The van der Waals surface area contributed by atoms with Crippen molar-refractivity contribution in [2.24, 2.45) is 5.41 Å². The summed E-state index contributed by atoms with van der Waals surface area (Å²) in [7, 11) is 0. The van der Waals surface area contributed by atoms with E-state index in [1.165, 1.54) is 5.56 Å². The average Bonchev–Trinajstić information content (AvgIpc) is 3.35. The van der Waals surface area contributed by atoms with Crippen molar-refractivity contribution in [3.05, 3.63) is 71.8 Å². The number of carbonyl (C=O) groups excluding carboxylic acids is 3. The summed E-state index contributed by atoms with van der Waals surface area (Å²) in [5.41, 5.74) is 2.05. The van der Waals surface area contributed by atoms with Gasteiger partial charge in [0.2, 0.25) is 11.8 Å². The zero-order valence-corrected chi connectivity index (χ0v) is 21.1. The van der Waals surface area contributed by atoms with E-state index in [-0.39, 0.29) is 17.7 Å². The summed E-state index contributed by atoms with van der Waals surface area (Å²) in [6, 6.07) is 15.2. The third-order valence-electron chi connectivity index (χ3n) is 7.52. The number of nitrogens with zero attached hydrogens (tertiary/aromatic N) is 2. The lowest BCUT2D eigenvalue weighted by atomic mass is 9.76. The number of hydrogen-bond acceptors (Lipinski definition) is 5. The normalized spacial score (nSPS) is 22.9. The van der Waals surface area contributed by atoms with Gasteiger partial charge in [-0.3, -0.25) is 19.3 Å². The lowest BCUT2D eigenvalue weighted by Crippen LogP contribution is -2.54. The van der Waals surface area contributed by atoms with Gasteiger partial charge in [0.05, 0.1) is 17.5 Å². The molecule has 37 heavy (non-hydrogen) atoms. The monoisotopic (exact) mass is 502 g/mol. The van der Waals surface area contributed by atoms with Gasteiger partial charge in [-0.1, -0.05) is 42.5 Å². The van der Waals surface area contributed by atoms with Crippen molar-refractivity contribution in [2.75, 3.05) is 50.8 Å². The Morgan fingerprint density at radius 2 is 1.78 bits per heavy atom. The molecule has 3 aliphatic heterocycles. The van der Waals surface area contributed by atoms with Gasteiger partial charge in [0.15, 0.2) is 0 Å². The van der Waals surface area contributed by atoms with Crippen LogP contribution in [0.3, 0.4) is 0 Å². The molecule has 1 fully saturated rings. The van der Waals surface area contributed by atoms with Crippen LogP contribution in [0.2, 0.25) is 0 Å². The van der Waals surface area contributed by atoms with Crippen LogP contribution in [0.1, 0.15) is 35.2 Å². The zero-order valence-electron chi connectivity index (χ0n) is 21.1. The van der Waals surface area contributed by atoms with Gasteiger partial charge in [-0.2, -0.15) is 0 Å². The summed E-state index contributed by atoms with van der Waals surface area (Å²) in [5, 5.41) is 5.91. The molecular formula is C29H34N4O4. The molecule has 194 valence electrons. The van der Waals surface area contributed by atoms with E-state index in [1.54, 1.807) is 18.2 Å². The predicted octanol–water partition coefficient (Wildman–Crippen LogP) is 2.54. The average molecular weight is 503 g/mol. The number of nitrogens with one attached hydrogen (secondary N) is 2. The SMILES string of the molecule is O=C1NCCNC(=O)C2(CC=CCOc3ccccc31)CCCN(CC(=O)N1CCc3ccccc31)C2. The molecule has 0 saturated carbocycles. The van der Waals surface area contributed by atoms with Crippen molar-refractivity contribution in [1.29, 1.82) is 0 Å². The first kappa shape index (κ1) is 25.0. The minimum absolute atomic E-state index is 0.0338. The molecule has 2 N–H and O–H groups in total. The largest absolute Gasteiger partial charge is 0.489 e. The summed E-state index contributed by atoms with van der Waals surface area (Å²) in [4.78, 5) is 43.4. The fraction of sp³-hybridized carbons (Fsp3) is 0.414. The van der Waals surface area contributed by atoms with Gasteiger partial charge in [0, 0.05) is 31.9 Å². The molecular weight excluding hydrogens is 468 g/mol. The maximum absolute atomic E-state index is 13.5. The molecule has 5 rings (SSSR count). The number of ether oxygens (including phenoxy) is 1. The van der Waals surface area contributed by atoms with E-state index < -0.39 is 5.41 Å². The molecule has 1 saturated heterocycles. The second kappa shape index (κ2) is 11.2. The predicted molar refractivity (Wildman–Crippen MR) is 142 cm³/mol. The Balaban J connectivity index is 1.28. The number of likely N-dealkylation sites (tertiary alicyclic amines) is 1. The highest BCUT2D eigenvalue weighted by atomic mass is 16.5. The molecule has 0 bridgehead atoms. The van der Waals surface area contributed by atoms with Crippen molar-refractivity contribution < 1.29 is 19.1 Å². The molecule has 2 aromatic rings. The van der Waals surface area contributed by atoms with Gasteiger partial charge in [0.1, 0.15) is 12.4 Å². The molecule has 0 aliphatic carbocycles. The number of anilines is 1. The summed E-state index contributed by atoms with van der Waals surface area (Å²) < 4.78 is 5.86. The Labute approximate surface area is 217 Å². The third kappa shape index (κ3) is 5.54. The lowest BCUT2D eigenvalue weighted by Gasteiger charge is -2.41. The van der Waals surface area contributed by atoms with Crippen LogP contribution in [0.5, 0.6) is 5.75 Å². The molecule has 2 aromatic carbocycles. The second-order valence-electron chi connectivity index (χ2n) is 10.0. The van der Waals surface area contributed by atoms with Gasteiger partial charge >= 0.3 is 0 Å². The molecule has 1 spiro atoms. The van der Waals surface area contributed by atoms with E-state index in [1.807, 2.05) is 41.3 Å². The fourth-order valence-electron chi connectivity index (χ4n) is 5.61. The number of fused-ring (bicyclic) bond motifs is 2. The van der Waals surface area contributed by atoms with Crippen molar-refractivity contribution in [3.63, 3.8) is 0 Å². The molecule has 8 heteroatoms. The third-order valence-corrected chi connectivity index (χ3v) is 7.52. The zero-order chi connectivity index (χ0) is 25.7. The number of benzene rings is 2. The van der Waals surface area contributed by atoms with Crippen molar-refractivity contribution >= 4 is 23.4 Å². The Hall–Kier alpha value is -3.65. The van der Waals surface area contributed by atoms with E-state index >= 15 is 0 Å². The summed E-state index contributed by atoms with van der Waals surface area (Å²) in [6.45, 7) is 3.26. The van der Waals surface area contributed by atoms with Crippen molar-refractivity contribution in [3.8, 4) is 5.75 Å². The minimum Gasteiger partial charge on any atom is -0.489 e. The quantitative estimate of drug-likeness (QED) is 0.616. The number of allylic oxidation sites excluding steroid dienone is 1. The Morgan fingerprint density at radius 1 is 0.973 bits per heavy atom. The van der Waals surface area contributed by atoms with Gasteiger partial charge in [-0.05, 0) is 56.0 Å². The number of piperidine rings is 1. The van der Waals surface area contributed by atoms with E-state index in [0.29, 0.717) is 57.1 Å². The van der Waals surface area contributed by atoms with Crippen LogP contribution in [0.4, 0.5) is 5.69 Å². The maximum atomic E-state index is 13.5. The van der Waals surface area contributed by atoms with Crippen LogP contribution >= 0.6 is 0 Å². The topological polar surface area (TPSA) is 91.0 Å². The van der Waals surface area contributed by atoms with E-state index in [0.717, 1.165) is 31.5 Å². The van der Waals surface area contributed by atoms with Gasteiger partial charge in [-0.25, -0.2) is 0 Å². The molecule has 0 radical (unpaired) electrons. The molecule has 3 heterocycles. The number of para-hydroxylation sites is 2. The second-order valence-corrected chi connectivity index (χ2v) is 10.0. The number of amides is 3. The van der Waals surface area contributed by atoms with Crippen LogP contribution in [0.25, 0.3) is 0 Å². The van der Waals surface area contributed by atoms with Crippen LogP contribution < -0.4 is 20.3 Å². The molecule has 0 aromatic heterocycles. The van der Waals surface area contributed by atoms with Gasteiger partial charge in [-0.15, -0.1) is 0 Å². The summed E-state index contributed by atoms with van der Waals surface area (Å²) in [6.07, 6.45) is 6.93. The first-order valence-electron chi connectivity index (χ1n) is 13.1. The van der Waals surface area contributed by atoms with Crippen molar-refractivity contribution in [1.82, 2.24) is 15.5 Å². The standard InChI is InChI=1S/C29H34N4O4/c34-26(33-18-12-22-8-1-3-10-24(22)33)20-32-17-7-14-29(21-32)13-5-6-19-37-25-11-4-2-9-23(25)27(35)30-15-16-31-28(29)36/h1-6,8-11H,7,12-21H2,(H,30,35)(H,31,36). The number of rotatable bonds is 2. The van der Waals surface area contributed by atoms with E-state index in [4.69, 9.17) is 4.74 Å². The molecule has 1 unspecified atom stereocenters. The Bertz CT molecular complexity index is 1200. The molecule has 8 nitrogen and oxygen atoms in total. The molecule has 1 atom stereocenters. The van der Waals surface area contributed by atoms with Crippen LogP contribution in [-0.2, 0) is 16.0 Å². The Morgan fingerprint density at radius 3 is 2.70 bits per heavy atom. The summed E-state index contributed by atoms with van der Waals surface area (Å²) in [5.74, 6) is 0.347. The van der Waals surface area contributed by atoms with Crippen LogP contribution in [0.15, 0.2) is 60.7 Å². The highest BCUT2D eigenvalue weighted by Crippen LogP contribution is 2.35. The minimum atomic E-state index is -0.635. The first-order valence-corrected chi connectivity index (χ1v) is 13.1. The maximum Gasteiger partial charge on any atom is 0.255 e. The highest BCUT2D eigenvalue weighted by Gasteiger charge is 2.42. The Kier molecular flexibility index (Phi) is 7.55. The van der Waals surface area contributed by atoms with Crippen LogP contribution in [-0.4, -0.2) is 68.5 Å².